The van der Waals surface area contributed by atoms with Crippen molar-refractivity contribution >= 4 is 0 Å². The van der Waals surface area contributed by atoms with Gasteiger partial charge in [0.05, 0.1) is 6.54 Å². The summed E-state index contributed by atoms with van der Waals surface area (Å²) in [6.07, 6.45) is 6.44. The zero-order valence-electron chi connectivity index (χ0n) is 16.1. The molecule has 0 amide bonds. The van der Waals surface area contributed by atoms with Crippen LogP contribution < -0.4 is 0 Å². The lowest BCUT2D eigenvalue weighted by molar-refractivity contribution is 0.111. The van der Waals surface area contributed by atoms with Gasteiger partial charge in [-0.25, -0.2) is 0 Å². The van der Waals surface area contributed by atoms with Gasteiger partial charge in [-0.2, -0.15) is 0 Å². The topological polar surface area (TPSA) is 45.4 Å². The van der Waals surface area contributed by atoms with Crippen molar-refractivity contribution in [3.05, 3.63) is 72.2 Å². The third-order valence-electron chi connectivity index (χ3n) is 6.02. The van der Waals surface area contributed by atoms with Gasteiger partial charge in [-0.3, -0.25) is 14.8 Å². The van der Waals surface area contributed by atoms with Crippen LogP contribution in [0.5, 0.6) is 0 Å². The van der Waals surface area contributed by atoms with Crippen LogP contribution >= 0.6 is 0 Å². The zero-order chi connectivity index (χ0) is 18.8. The van der Waals surface area contributed by atoms with Crippen LogP contribution in [0.25, 0.3) is 11.3 Å². The number of aromatic nitrogens is 2. The molecule has 3 fully saturated rings. The average molecular weight is 374 g/mol. The molecule has 144 valence electrons. The number of fused-ring (bicyclic) bond motifs is 4. The molecule has 2 bridgehead atoms. The van der Waals surface area contributed by atoms with E-state index in [4.69, 9.17) is 4.52 Å². The first-order chi connectivity index (χ1) is 13.8. The lowest BCUT2D eigenvalue weighted by Gasteiger charge is -2.35. The Bertz CT molecular complexity index is 895. The highest BCUT2D eigenvalue weighted by Gasteiger charge is 2.35. The van der Waals surface area contributed by atoms with Crippen LogP contribution in [-0.2, 0) is 13.1 Å². The van der Waals surface area contributed by atoms with Gasteiger partial charge in [0, 0.05) is 56.2 Å². The van der Waals surface area contributed by atoms with E-state index in [1.807, 2.05) is 36.7 Å². The second-order valence-corrected chi connectivity index (χ2v) is 8.13. The molecule has 28 heavy (non-hydrogen) atoms. The van der Waals surface area contributed by atoms with E-state index >= 15 is 0 Å². The van der Waals surface area contributed by atoms with Gasteiger partial charge in [-0.15, -0.1) is 0 Å². The Hall–Kier alpha value is -2.50. The predicted octanol–water partition coefficient (Wildman–Crippen LogP) is 3.83. The van der Waals surface area contributed by atoms with Crippen molar-refractivity contribution in [2.75, 3.05) is 19.6 Å². The van der Waals surface area contributed by atoms with Gasteiger partial charge >= 0.3 is 0 Å². The standard InChI is InChI=1S/C23H26N4O/c1-2-6-20(7-3-1)23-11-22(28-25-23)17-27-15-19-8-9-21(27)16-26(14-19)13-18-5-4-10-24-12-18/h1-7,10-12,19,21H,8-9,13-17H2/t19-,21+/m0/s1. The first-order valence-corrected chi connectivity index (χ1v) is 10.2. The summed E-state index contributed by atoms with van der Waals surface area (Å²) in [7, 11) is 0. The van der Waals surface area contributed by atoms with E-state index in [2.05, 4.69) is 44.2 Å². The van der Waals surface area contributed by atoms with Gasteiger partial charge in [-0.1, -0.05) is 41.6 Å². The molecule has 0 N–H and O–H groups in total. The number of hydrogen-bond acceptors (Lipinski definition) is 5. The Morgan fingerprint density at radius 1 is 0.964 bits per heavy atom. The van der Waals surface area contributed by atoms with Crippen molar-refractivity contribution in [3.8, 4) is 11.3 Å². The molecule has 3 aliphatic rings. The van der Waals surface area contributed by atoms with E-state index in [-0.39, 0.29) is 0 Å². The summed E-state index contributed by atoms with van der Waals surface area (Å²) in [5.41, 5.74) is 3.34. The Morgan fingerprint density at radius 2 is 1.89 bits per heavy atom. The molecular formula is C23H26N4O. The number of hydrogen-bond donors (Lipinski definition) is 0. The summed E-state index contributed by atoms with van der Waals surface area (Å²) in [6.45, 7) is 5.28. The van der Waals surface area contributed by atoms with Crippen molar-refractivity contribution in [2.24, 2.45) is 5.92 Å². The Balaban J connectivity index is 1.26. The van der Waals surface area contributed by atoms with E-state index < -0.39 is 0 Å². The van der Waals surface area contributed by atoms with E-state index in [9.17, 15) is 0 Å². The quantitative estimate of drug-likeness (QED) is 0.679. The molecular weight excluding hydrogens is 348 g/mol. The molecule has 0 spiro atoms. The molecule has 0 unspecified atom stereocenters. The van der Waals surface area contributed by atoms with Gasteiger partial charge in [0.25, 0.3) is 0 Å². The maximum atomic E-state index is 5.68. The lowest BCUT2D eigenvalue weighted by Crippen LogP contribution is -2.43. The highest BCUT2D eigenvalue weighted by atomic mass is 16.5. The molecule has 5 heteroatoms. The fraction of sp³-hybridized carbons (Fsp3) is 0.391. The summed E-state index contributed by atoms with van der Waals surface area (Å²) in [6, 6.07) is 17.1. The summed E-state index contributed by atoms with van der Waals surface area (Å²) >= 11 is 0. The molecule has 5 nitrogen and oxygen atoms in total. The minimum atomic E-state index is 0.584. The van der Waals surface area contributed by atoms with Crippen LogP contribution in [0.15, 0.2) is 65.4 Å². The van der Waals surface area contributed by atoms with Crippen molar-refractivity contribution in [1.29, 1.82) is 0 Å². The monoisotopic (exact) mass is 374 g/mol. The Morgan fingerprint density at radius 3 is 2.75 bits per heavy atom. The fourth-order valence-electron chi connectivity index (χ4n) is 4.68. The summed E-state index contributed by atoms with van der Waals surface area (Å²) < 4.78 is 5.68. The van der Waals surface area contributed by atoms with E-state index in [0.717, 1.165) is 49.1 Å². The molecule has 2 atom stereocenters. The number of pyridine rings is 1. The maximum Gasteiger partial charge on any atom is 0.151 e. The summed E-state index contributed by atoms with van der Waals surface area (Å²) in [4.78, 5) is 9.48. The molecule has 5 heterocycles. The average Bonchev–Trinajstić information content (AvgIpc) is 3.03. The molecule has 6 rings (SSSR count). The maximum absolute atomic E-state index is 5.68. The number of nitrogens with zero attached hydrogens (tertiary/aromatic N) is 4. The van der Waals surface area contributed by atoms with Crippen molar-refractivity contribution in [3.63, 3.8) is 0 Å². The second-order valence-electron chi connectivity index (χ2n) is 8.13. The molecule has 0 radical (unpaired) electrons. The molecule has 1 aromatic carbocycles. The molecule has 0 saturated carbocycles. The van der Waals surface area contributed by atoms with E-state index in [1.54, 1.807) is 0 Å². The van der Waals surface area contributed by atoms with Gasteiger partial charge in [0.1, 0.15) is 5.69 Å². The van der Waals surface area contributed by atoms with E-state index in [0.29, 0.717) is 6.04 Å². The van der Waals surface area contributed by atoms with Crippen LogP contribution in [0.2, 0.25) is 0 Å². The van der Waals surface area contributed by atoms with Gasteiger partial charge in [0.2, 0.25) is 0 Å². The minimum Gasteiger partial charge on any atom is -0.359 e. The summed E-state index contributed by atoms with van der Waals surface area (Å²) in [5.74, 6) is 1.69. The molecule has 2 aromatic heterocycles. The molecule has 0 aliphatic carbocycles. The van der Waals surface area contributed by atoms with Crippen LogP contribution in [-0.4, -0.2) is 45.6 Å². The third kappa shape index (κ3) is 3.86. The lowest BCUT2D eigenvalue weighted by atomic mass is 9.95. The van der Waals surface area contributed by atoms with Gasteiger partial charge in [0.15, 0.2) is 5.76 Å². The van der Waals surface area contributed by atoms with Gasteiger partial charge < -0.3 is 4.52 Å². The number of rotatable bonds is 5. The molecule has 3 aliphatic heterocycles. The van der Waals surface area contributed by atoms with Crippen LogP contribution in [0.4, 0.5) is 0 Å². The first-order valence-electron chi connectivity index (χ1n) is 10.2. The van der Waals surface area contributed by atoms with E-state index in [1.165, 1.54) is 24.9 Å². The predicted molar refractivity (Wildman–Crippen MR) is 108 cm³/mol. The Labute approximate surface area is 166 Å². The highest BCUT2D eigenvalue weighted by Crippen LogP contribution is 2.30. The van der Waals surface area contributed by atoms with Crippen LogP contribution in [0.3, 0.4) is 0 Å². The minimum absolute atomic E-state index is 0.584. The molecule has 3 saturated heterocycles. The Kier molecular flexibility index (Phi) is 4.93. The second kappa shape index (κ2) is 7.86. The number of piperidine rings is 1. The van der Waals surface area contributed by atoms with Crippen LogP contribution in [0, 0.1) is 5.92 Å². The largest absolute Gasteiger partial charge is 0.359 e. The SMILES string of the molecule is c1ccc(-c2cc(CN3C[C@H]4CC[C@@H]3CN(Cc3cccnc3)C4)on2)cc1. The van der Waals surface area contributed by atoms with Crippen molar-refractivity contribution < 1.29 is 4.52 Å². The fourth-order valence-corrected chi connectivity index (χ4v) is 4.68. The smallest absolute Gasteiger partial charge is 0.151 e. The van der Waals surface area contributed by atoms with Gasteiger partial charge in [-0.05, 0) is 30.4 Å². The number of benzene rings is 1. The van der Waals surface area contributed by atoms with Crippen molar-refractivity contribution in [1.82, 2.24) is 19.9 Å². The molecule has 3 aromatic rings. The van der Waals surface area contributed by atoms with Crippen LogP contribution in [0.1, 0.15) is 24.2 Å². The van der Waals surface area contributed by atoms with Crippen molar-refractivity contribution in [2.45, 2.75) is 32.0 Å². The third-order valence-corrected chi connectivity index (χ3v) is 6.02. The zero-order valence-corrected chi connectivity index (χ0v) is 16.1. The highest BCUT2D eigenvalue weighted by molar-refractivity contribution is 5.58. The normalized spacial score (nSPS) is 23.0. The first kappa shape index (κ1) is 17.6. The summed E-state index contributed by atoms with van der Waals surface area (Å²) in [5, 5.41) is 4.29.